The summed E-state index contributed by atoms with van der Waals surface area (Å²) in [6.07, 6.45) is 8.07. The largest absolute Gasteiger partial charge is 0.489 e. The number of hydrogen-bond donors (Lipinski definition) is 0. The van der Waals surface area contributed by atoms with Crippen molar-refractivity contribution in [3.05, 3.63) is 65.2 Å². The second-order valence-corrected chi connectivity index (χ2v) is 6.12. The van der Waals surface area contributed by atoms with Crippen LogP contribution in [0.4, 0.5) is 0 Å². The van der Waals surface area contributed by atoms with Gasteiger partial charge >= 0.3 is 0 Å². The van der Waals surface area contributed by atoms with E-state index in [-0.39, 0.29) is 0 Å². The number of unbranched alkanes of at least 4 members (excludes halogenated alkanes) is 3. The molecule has 0 fully saturated rings. The van der Waals surface area contributed by atoms with E-state index >= 15 is 0 Å². The van der Waals surface area contributed by atoms with Crippen LogP contribution >= 0.6 is 0 Å². The lowest BCUT2D eigenvalue weighted by Gasteiger charge is -2.07. The molecule has 0 aliphatic heterocycles. The number of nitrogens with zero attached hydrogens (tertiary/aromatic N) is 1. The molecule has 0 bridgehead atoms. The minimum atomic E-state index is 0.606. The van der Waals surface area contributed by atoms with Crippen LogP contribution in [-0.4, -0.2) is 12.8 Å². The molecule has 2 aromatic rings. The molecule has 2 aromatic carbocycles. The number of benzene rings is 2. The van der Waals surface area contributed by atoms with Crippen LogP contribution in [0.15, 0.2) is 53.5 Å². The molecule has 0 aromatic heterocycles. The Bertz CT molecular complexity index is 599. The van der Waals surface area contributed by atoms with E-state index in [0.717, 1.165) is 24.3 Å². The lowest BCUT2D eigenvalue weighted by molar-refractivity contribution is 0.306. The van der Waals surface area contributed by atoms with Crippen molar-refractivity contribution in [3.8, 4) is 5.75 Å². The molecule has 0 spiro atoms. The van der Waals surface area contributed by atoms with Gasteiger partial charge < -0.3 is 4.74 Å². The van der Waals surface area contributed by atoms with Gasteiger partial charge in [-0.15, -0.1) is 0 Å². The average Bonchev–Trinajstić information content (AvgIpc) is 2.64. The minimum absolute atomic E-state index is 0.606. The van der Waals surface area contributed by atoms with Crippen LogP contribution in [0.3, 0.4) is 0 Å². The van der Waals surface area contributed by atoms with Crippen LogP contribution in [0, 0.1) is 0 Å². The molecule has 128 valence electrons. The highest BCUT2D eigenvalue weighted by Crippen LogP contribution is 2.14. The summed E-state index contributed by atoms with van der Waals surface area (Å²) in [5.41, 5.74) is 3.69. The molecule has 0 heterocycles. The fourth-order valence-electron chi connectivity index (χ4n) is 2.49. The molecular weight excluding hydrogens is 294 g/mol. The standard InChI is InChI=1S/C22H29NO/c1-3-5-6-7-16-23-17-20-12-14-22(15-13-20)24-18-21-10-8-19(4-2)9-11-21/h8-15,17H,3-7,16,18H2,1-2H3/b23-17+. The molecule has 2 heteroatoms. The first-order chi connectivity index (χ1) is 11.8. The summed E-state index contributed by atoms with van der Waals surface area (Å²) in [4.78, 5) is 4.49. The Morgan fingerprint density at radius 2 is 1.54 bits per heavy atom. The first kappa shape index (κ1) is 18.3. The smallest absolute Gasteiger partial charge is 0.119 e. The number of rotatable bonds is 10. The first-order valence-corrected chi connectivity index (χ1v) is 9.12. The Hall–Kier alpha value is -2.09. The van der Waals surface area contributed by atoms with Crippen LogP contribution < -0.4 is 4.74 Å². The molecule has 2 nitrogen and oxygen atoms in total. The highest BCUT2D eigenvalue weighted by atomic mass is 16.5. The van der Waals surface area contributed by atoms with Crippen LogP contribution in [0.25, 0.3) is 0 Å². The predicted molar refractivity (Wildman–Crippen MR) is 103 cm³/mol. The van der Waals surface area contributed by atoms with E-state index in [4.69, 9.17) is 4.74 Å². The van der Waals surface area contributed by atoms with E-state index in [1.54, 1.807) is 0 Å². The molecule has 0 amide bonds. The molecule has 0 aliphatic carbocycles. The van der Waals surface area contributed by atoms with Crippen LogP contribution in [0.5, 0.6) is 5.75 Å². The highest BCUT2D eigenvalue weighted by Gasteiger charge is 1.97. The fourth-order valence-corrected chi connectivity index (χ4v) is 2.49. The molecule has 0 aliphatic rings. The summed E-state index contributed by atoms with van der Waals surface area (Å²) in [6, 6.07) is 16.8. The van der Waals surface area contributed by atoms with Crippen molar-refractivity contribution in [3.63, 3.8) is 0 Å². The van der Waals surface area contributed by atoms with Gasteiger partial charge in [-0.05, 0) is 53.8 Å². The fraction of sp³-hybridized carbons (Fsp3) is 0.409. The van der Waals surface area contributed by atoms with Gasteiger partial charge in [0.25, 0.3) is 0 Å². The third-order valence-corrected chi connectivity index (χ3v) is 4.10. The van der Waals surface area contributed by atoms with Gasteiger partial charge in [0.15, 0.2) is 0 Å². The quantitative estimate of drug-likeness (QED) is 0.398. The SMILES string of the molecule is CCCCCC/N=C/c1ccc(OCc2ccc(CC)cc2)cc1. The zero-order valence-electron chi connectivity index (χ0n) is 15.0. The van der Waals surface area contributed by atoms with Crippen molar-refractivity contribution >= 4 is 6.21 Å². The monoisotopic (exact) mass is 323 g/mol. The molecule has 0 atom stereocenters. The molecule has 0 N–H and O–H groups in total. The maximum Gasteiger partial charge on any atom is 0.119 e. The van der Waals surface area contributed by atoms with E-state index < -0.39 is 0 Å². The van der Waals surface area contributed by atoms with Gasteiger partial charge in [-0.25, -0.2) is 0 Å². The summed E-state index contributed by atoms with van der Waals surface area (Å²) in [5, 5.41) is 0. The summed E-state index contributed by atoms with van der Waals surface area (Å²) in [7, 11) is 0. The topological polar surface area (TPSA) is 21.6 Å². The minimum Gasteiger partial charge on any atom is -0.489 e. The van der Waals surface area contributed by atoms with Gasteiger partial charge in [0.2, 0.25) is 0 Å². The number of ether oxygens (including phenoxy) is 1. The third kappa shape index (κ3) is 6.57. The number of hydrogen-bond acceptors (Lipinski definition) is 2. The normalized spacial score (nSPS) is 11.1. The van der Waals surface area contributed by atoms with Crippen molar-refractivity contribution in [2.24, 2.45) is 4.99 Å². The third-order valence-electron chi connectivity index (χ3n) is 4.10. The van der Waals surface area contributed by atoms with Gasteiger partial charge in [0.05, 0.1) is 0 Å². The van der Waals surface area contributed by atoms with Crippen molar-refractivity contribution < 1.29 is 4.74 Å². The molecule has 0 radical (unpaired) electrons. The van der Waals surface area contributed by atoms with Crippen molar-refractivity contribution in [2.75, 3.05) is 6.54 Å². The van der Waals surface area contributed by atoms with Gasteiger partial charge in [0.1, 0.15) is 12.4 Å². The van der Waals surface area contributed by atoms with Crippen LogP contribution in [-0.2, 0) is 13.0 Å². The maximum atomic E-state index is 5.85. The summed E-state index contributed by atoms with van der Waals surface area (Å²) in [5.74, 6) is 0.898. The molecule has 24 heavy (non-hydrogen) atoms. The lowest BCUT2D eigenvalue weighted by atomic mass is 10.1. The van der Waals surface area contributed by atoms with Crippen LogP contribution in [0.2, 0.25) is 0 Å². The second-order valence-electron chi connectivity index (χ2n) is 6.12. The van der Waals surface area contributed by atoms with Crippen molar-refractivity contribution in [2.45, 2.75) is 52.6 Å². The number of aryl methyl sites for hydroxylation is 1. The van der Waals surface area contributed by atoms with Gasteiger partial charge in [0, 0.05) is 12.8 Å². The van der Waals surface area contributed by atoms with E-state index in [9.17, 15) is 0 Å². The Kier molecular flexibility index (Phi) is 8.09. The van der Waals surface area contributed by atoms with Gasteiger partial charge in [-0.3, -0.25) is 4.99 Å². The predicted octanol–water partition coefficient (Wildman–Crippen LogP) is 5.83. The first-order valence-electron chi connectivity index (χ1n) is 9.12. The Labute approximate surface area is 146 Å². The van der Waals surface area contributed by atoms with E-state index in [1.165, 1.54) is 36.8 Å². The lowest BCUT2D eigenvalue weighted by Crippen LogP contribution is -1.96. The zero-order chi connectivity index (χ0) is 17.0. The Balaban J connectivity index is 1.75. The molecule has 2 rings (SSSR count). The Morgan fingerprint density at radius 3 is 2.21 bits per heavy atom. The maximum absolute atomic E-state index is 5.85. The molecular formula is C22H29NO. The Morgan fingerprint density at radius 1 is 0.833 bits per heavy atom. The zero-order valence-corrected chi connectivity index (χ0v) is 15.0. The number of aliphatic imine (C=N–C) groups is 1. The highest BCUT2D eigenvalue weighted by molar-refractivity contribution is 5.79. The van der Waals surface area contributed by atoms with E-state index in [0.29, 0.717) is 6.61 Å². The molecule has 0 saturated carbocycles. The van der Waals surface area contributed by atoms with Crippen molar-refractivity contribution in [1.29, 1.82) is 0 Å². The second kappa shape index (κ2) is 10.6. The molecule has 0 saturated heterocycles. The van der Waals surface area contributed by atoms with Gasteiger partial charge in [-0.1, -0.05) is 57.4 Å². The summed E-state index contributed by atoms with van der Waals surface area (Å²) < 4.78 is 5.85. The summed E-state index contributed by atoms with van der Waals surface area (Å²) in [6.45, 7) is 5.93. The van der Waals surface area contributed by atoms with Crippen molar-refractivity contribution in [1.82, 2.24) is 0 Å². The molecule has 0 unspecified atom stereocenters. The van der Waals surface area contributed by atoms with Crippen LogP contribution in [0.1, 0.15) is 56.2 Å². The van der Waals surface area contributed by atoms with Gasteiger partial charge in [-0.2, -0.15) is 0 Å². The van der Waals surface area contributed by atoms with E-state index in [1.807, 2.05) is 18.3 Å². The average molecular weight is 323 g/mol. The van der Waals surface area contributed by atoms with E-state index in [2.05, 4.69) is 55.2 Å². The summed E-state index contributed by atoms with van der Waals surface area (Å²) >= 11 is 0.